The van der Waals surface area contributed by atoms with Crippen LogP contribution in [0.25, 0.3) is 5.57 Å². The predicted molar refractivity (Wildman–Crippen MR) is 119 cm³/mol. The first kappa shape index (κ1) is 20.2. The van der Waals surface area contributed by atoms with Crippen LogP contribution in [0.15, 0.2) is 23.8 Å². The molecule has 2 saturated carbocycles. The second-order valence-corrected chi connectivity index (χ2v) is 9.47. The molecule has 1 aromatic rings. The van der Waals surface area contributed by atoms with Crippen molar-refractivity contribution in [3.63, 3.8) is 0 Å². The van der Waals surface area contributed by atoms with Gasteiger partial charge in [0.2, 0.25) is 0 Å². The lowest BCUT2D eigenvalue weighted by molar-refractivity contribution is 0.167. The molecule has 1 N–H and O–H groups in total. The molecule has 3 aliphatic rings. The Balaban J connectivity index is 1.80. The van der Waals surface area contributed by atoms with Crippen molar-refractivity contribution < 1.29 is 4.74 Å². The molecule has 3 aliphatic carbocycles. The zero-order valence-electron chi connectivity index (χ0n) is 18.2. The second kappa shape index (κ2) is 9.13. The van der Waals surface area contributed by atoms with Crippen molar-refractivity contribution in [2.45, 2.75) is 90.0 Å². The fourth-order valence-electron chi connectivity index (χ4n) is 5.96. The van der Waals surface area contributed by atoms with Crippen LogP contribution in [0.1, 0.15) is 101 Å². The standard InChI is InChI=1S/C26H39NO/c1-4-28-17-24-23(16-27-18(2)3)22-15-9-14-21(19-10-5-6-11-19)26(22)25(24)20-12-7-8-13-20/h9,14-15,18-20,23,27H,4-8,10-13,16-17H2,1-3H3. The Morgan fingerprint density at radius 2 is 1.61 bits per heavy atom. The maximum Gasteiger partial charge on any atom is 0.0689 e. The van der Waals surface area contributed by atoms with E-state index < -0.39 is 0 Å². The van der Waals surface area contributed by atoms with Crippen LogP contribution in [0.5, 0.6) is 0 Å². The molecule has 1 aromatic carbocycles. The van der Waals surface area contributed by atoms with Gasteiger partial charge < -0.3 is 10.1 Å². The number of rotatable bonds is 8. The van der Waals surface area contributed by atoms with Gasteiger partial charge in [-0.05, 0) is 72.3 Å². The molecular weight excluding hydrogens is 342 g/mol. The van der Waals surface area contributed by atoms with E-state index in [2.05, 4.69) is 44.3 Å². The zero-order chi connectivity index (χ0) is 19.5. The third kappa shape index (κ3) is 3.96. The summed E-state index contributed by atoms with van der Waals surface area (Å²) in [7, 11) is 0. The maximum absolute atomic E-state index is 6.06. The predicted octanol–water partition coefficient (Wildman–Crippen LogP) is 6.42. The van der Waals surface area contributed by atoms with Gasteiger partial charge in [-0.2, -0.15) is 0 Å². The zero-order valence-corrected chi connectivity index (χ0v) is 18.2. The molecule has 2 fully saturated rings. The number of hydrogen-bond donors (Lipinski definition) is 1. The number of hydrogen-bond acceptors (Lipinski definition) is 2. The summed E-state index contributed by atoms with van der Waals surface area (Å²) in [6.45, 7) is 9.30. The minimum absolute atomic E-state index is 0.487. The molecule has 2 nitrogen and oxygen atoms in total. The summed E-state index contributed by atoms with van der Waals surface area (Å²) in [6, 6.07) is 7.74. The highest BCUT2D eigenvalue weighted by atomic mass is 16.5. The van der Waals surface area contributed by atoms with Crippen molar-refractivity contribution in [3.8, 4) is 0 Å². The fourth-order valence-corrected chi connectivity index (χ4v) is 5.96. The van der Waals surface area contributed by atoms with Crippen LogP contribution in [0.3, 0.4) is 0 Å². The minimum Gasteiger partial charge on any atom is -0.377 e. The molecule has 4 rings (SSSR count). The van der Waals surface area contributed by atoms with Crippen LogP contribution in [0.4, 0.5) is 0 Å². The van der Waals surface area contributed by atoms with E-state index in [4.69, 9.17) is 4.74 Å². The number of allylic oxidation sites excluding steroid dienone is 1. The monoisotopic (exact) mass is 381 g/mol. The molecule has 2 heteroatoms. The van der Waals surface area contributed by atoms with Crippen molar-refractivity contribution in [1.29, 1.82) is 0 Å². The van der Waals surface area contributed by atoms with Crippen LogP contribution in [-0.4, -0.2) is 25.8 Å². The highest BCUT2D eigenvalue weighted by Crippen LogP contribution is 2.52. The molecule has 1 atom stereocenters. The Kier molecular flexibility index (Phi) is 6.58. The van der Waals surface area contributed by atoms with E-state index in [1.807, 2.05) is 0 Å². The smallest absolute Gasteiger partial charge is 0.0689 e. The Bertz CT molecular complexity index is 692. The molecule has 0 bridgehead atoms. The fraction of sp³-hybridized carbons (Fsp3) is 0.692. The Hall–Kier alpha value is -1.12. The van der Waals surface area contributed by atoms with E-state index in [0.717, 1.165) is 31.6 Å². The molecule has 1 unspecified atom stereocenters. The quantitative estimate of drug-likeness (QED) is 0.561. The summed E-state index contributed by atoms with van der Waals surface area (Å²) in [5.41, 5.74) is 8.22. The highest BCUT2D eigenvalue weighted by Gasteiger charge is 2.38. The van der Waals surface area contributed by atoms with Gasteiger partial charge in [-0.1, -0.05) is 57.7 Å². The molecule has 0 spiro atoms. The Morgan fingerprint density at radius 3 is 2.25 bits per heavy atom. The first-order valence-electron chi connectivity index (χ1n) is 11.9. The summed E-state index contributed by atoms with van der Waals surface area (Å²) in [5.74, 6) is 2.01. The van der Waals surface area contributed by atoms with Gasteiger partial charge in [-0.15, -0.1) is 0 Å². The Labute approximate surface area is 172 Å². The molecule has 28 heavy (non-hydrogen) atoms. The lowest BCUT2D eigenvalue weighted by Crippen LogP contribution is -2.29. The molecule has 154 valence electrons. The molecule has 0 aromatic heterocycles. The first-order valence-corrected chi connectivity index (χ1v) is 11.9. The number of ether oxygens (including phenoxy) is 1. The van der Waals surface area contributed by atoms with Crippen LogP contribution in [0.2, 0.25) is 0 Å². The summed E-state index contributed by atoms with van der Waals surface area (Å²) < 4.78 is 6.06. The van der Waals surface area contributed by atoms with Crippen molar-refractivity contribution in [2.75, 3.05) is 19.8 Å². The van der Waals surface area contributed by atoms with Crippen LogP contribution in [-0.2, 0) is 4.74 Å². The lowest BCUT2D eigenvalue weighted by atomic mass is 9.83. The third-order valence-corrected chi connectivity index (χ3v) is 7.29. The van der Waals surface area contributed by atoms with E-state index in [0.29, 0.717) is 12.0 Å². The van der Waals surface area contributed by atoms with Gasteiger partial charge in [0.1, 0.15) is 0 Å². The molecular formula is C26H39NO. The SMILES string of the molecule is CCOCC1=C(C2CCCC2)c2c(C3CCCC3)cccc2C1CNC(C)C. The minimum atomic E-state index is 0.487. The van der Waals surface area contributed by atoms with Crippen molar-refractivity contribution in [1.82, 2.24) is 5.32 Å². The van der Waals surface area contributed by atoms with Gasteiger partial charge in [-0.25, -0.2) is 0 Å². The summed E-state index contributed by atoms with van der Waals surface area (Å²) in [5, 5.41) is 3.75. The van der Waals surface area contributed by atoms with E-state index >= 15 is 0 Å². The van der Waals surface area contributed by atoms with Crippen molar-refractivity contribution in [3.05, 3.63) is 40.5 Å². The van der Waals surface area contributed by atoms with Crippen LogP contribution >= 0.6 is 0 Å². The molecule has 0 radical (unpaired) electrons. The topological polar surface area (TPSA) is 21.3 Å². The summed E-state index contributed by atoms with van der Waals surface area (Å²) >= 11 is 0. The molecule has 0 heterocycles. The van der Waals surface area contributed by atoms with Gasteiger partial charge in [0.15, 0.2) is 0 Å². The lowest BCUT2D eigenvalue weighted by Gasteiger charge is -2.21. The number of nitrogens with one attached hydrogen (secondary N) is 1. The van der Waals surface area contributed by atoms with E-state index in [1.54, 1.807) is 27.8 Å². The van der Waals surface area contributed by atoms with E-state index in [-0.39, 0.29) is 0 Å². The van der Waals surface area contributed by atoms with Crippen molar-refractivity contribution >= 4 is 5.57 Å². The maximum atomic E-state index is 6.06. The molecule has 0 saturated heterocycles. The summed E-state index contributed by atoms with van der Waals surface area (Å²) in [6.07, 6.45) is 11.1. The van der Waals surface area contributed by atoms with Crippen molar-refractivity contribution in [2.24, 2.45) is 5.92 Å². The van der Waals surface area contributed by atoms with E-state index in [9.17, 15) is 0 Å². The molecule has 0 aliphatic heterocycles. The van der Waals surface area contributed by atoms with Crippen LogP contribution in [0, 0.1) is 5.92 Å². The van der Waals surface area contributed by atoms with Gasteiger partial charge in [0.25, 0.3) is 0 Å². The average molecular weight is 382 g/mol. The highest BCUT2D eigenvalue weighted by molar-refractivity contribution is 5.82. The van der Waals surface area contributed by atoms with Gasteiger partial charge >= 0.3 is 0 Å². The average Bonchev–Trinajstić information content (AvgIpc) is 3.44. The van der Waals surface area contributed by atoms with Gasteiger partial charge in [0, 0.05) is 25.1 Å². The normalized spacial score (nSPS) is 23.4. The first-order chi connectivity index (χ1) is 13.7. The second-order valence-electron chi connectivity index (χ2n) is 9.47. The van der Waals surface area contributed by atoms with Gasteiger partial charge in [0.05, 0.1) is 6.61 Å². The molecule has 0 amide bonds. The van der Waals surface area contributed by atoms with Gasteiger partial charge in [-0.3, -0.25) is 0 Å². The van der Waals surface area contributed by atoms with E-state index in [1.165, 1.54) is 51.4 Å². The number of fused-ring (bicyclic) bond motifs is 1. The Morgan fingerprint density at radius 1 is 0.964 bits per heavy atom. The summed E-state index contributed by atoms with van der Waals surface area (Å²) in [4.78, 5) is 0. The van der Waals surface area contributed by atoms with Crippen LogP contribution < -0.4 is 5.32 Å². The number of benzene rings is 1. The third-order valence-electron chi connectivity index (χ3n) is 7.29. The largest absolute Gasteiger partial charge is 0.377 e.